The Labute approximate surface area is 155 Å². The Morgan fingerprint density at radius 3 is 2.46 bits per heavy atom. The number of hydrogen-bond acceptors (Lipinski definition) is 5. The summed E-state index contributed by atoms with van der Waals surface area (Å²) in [5, 5.41) is 17.9. The van der Waals surface area contributed by atoms with Crippen LogP contribution in [0.25, 0.3) is 0 Å². The summed E-state index contributed by atoms with van der Waals surface area (Å²) in [5.41, 5.74) is 1.71. The molecule has 3 atom stereocenters. The molecule has 1 rings (SSSR count). The zero-order valence-corrected chi connectivity index (χ0v) is 16.1. The van der Waals surface area contributed by atoms with E-state index in [4.69, 9.17) is 5.21 Å². The highest BCUT2D eigenvalue weighted by atomic mass is 16.5. The van der Waals surface area contributed by atoms with Crippen molar-refractivity contribution in [1.29, 1.82) is 0 Å². The van der Waals surface area contributed by atoms with Crippen LogP contribution in [0.3, 0.4) is 0 Å². The summed E-state index contributed by atoms with van der Waals surface area (Å²) in [7, 11) is 1.55. The second kappa shape index (κ2) is 11.9. The fraction of sp³-hybridized carbons (Fsp3) is 0.833. The maximum Gasteiger partial charge on any atom is 0.247 e. The minimum Gasteiger partial charge on any atom is -0.357 e. The number of hydrogen-bond donors (Lipinski definition) is 5. The van der Waals surface area contributed by atoms with Gasteiger partial charge in [-0.3, -0.25) is 19.6 Å². The molecule has 2 unspecified atom stereocenters. The molecule has 1 aliphatic heterocycles. The Hall–Kier alpha value is -1.67. The van der Waals surface area contributed by atoms with Crippen molar-refractivity contribution in [3.63, 3.8) is 0 Å². The van der Waals surface area contributed by atoms with Crippen LogP contribution in [0, 0.1) is 17.8 Å². The quantitative estimate of drug-likeness (QED) is 0.366. The van der Waals surface area contributed by atoms with Crippen LogP contribution in [0.15, 0.2) is 0 Å². The maximum absolute atomic E-state index is 12.9. The van der Waals surface area contributed by atoms with Gasteiger partial charge in [0, 0.05) is 13.0 Å². The van der Waals surface area contributed by atoms with Gasteiger partial charge in [0.05, 0.1) is 5.92 Å². The Morgan fingerprint density at radius 2 is 1.85 bits per heavy atom. The van der Waals surface area contributed by atoms with Crippen LogP contribution in [-0.4, -0.2) is 49.1 Å². The molecule has 1 aliphatic rings. The van der Waals surface area contributed by atoms with Crippen LogP contribution in [0.5, 0.6) is 0 Å². The lowest BCUT2D eigenvalue weighted by Gasteiger charge is -2.28. The first-order valence-corrected chi connectivity index (χ1v) is 9.57. The van der Waals surface area contributed by atoms with Crippen molar-refractivity contribution in [1.82, 2.24) is 21.4 Å². The van der Waals surface area contributed by atoms with E-state index in [1.54, 1.807) is 12.5 Å². The normalized spacial score (nSPS) is 26.0. The van der Waals surface area contributed by atoms with Crippen molar-refractivity contribution in [3.8, 4) is 0 Å². The molecule has 1 heterocycles. The van der Waals surface area contributed by atoms with Gasteiger partial charge in [-0.05, 0) is 57.5 Å². The molecule has 5 N–H and O–H groups in total. The number of amides is 3. The Morgan fingerprint density at radius 1 is 1.15 bits per heavy atom. The molecule has 0 aliphatic carbocycles. The number of carbonyl (C=O) groups excluding carboxylic acids is 3. The lowest BCUT2D eigenvalue weighted by molar-refractivity contribution is -0.142. The van der Waals surface area contributed by atoms with Gasteiger partial charge in [-0.25, -0.2) is 5.48 Å². The SMILES string of the molecule is CNC(=O)C1CCCCNCCC[C@H](C(=O)NO)C(CC(C)C)C(=O)N1. The average Bonchev–Trinajstić information content (AvgIpc) is 2.63. The van der Waals surface area contributed by atoms with Crippen molar-refractivity contribution >= 4 is 17.7 Å². The largest absolute Gasteiger partial charge is 0.357 e. The van der Waals surface area contributed by atoms with E-state index >= 15 is 0 Å². The molecular weight excluding hydrogens is 336 g/mol. The highest BCUT2D eigenvalue weighted by Gasteiger charge is 2.35. The fourth-order valence-electron chi connectivity index (χ4n) is 3.45. The van der Waals surface area contributed by atoms with Gasteiger partial charge in [0.15, 0.2) is 0 Å². The smallest absolute Gasteiger partial charge is 0.247 e. The van der Waals surface area contributed by atoms with Gasteiger partial charge in [-0.15, -0.1) is 0 Å². The zero-order chi connectivity index (χ0) is 19.5. The number of hydroxylamine groups is 1. The van der Waals surface area contributed by atoms with Gasteiger partial charge in [0.25, 0.3) is 0 Å². The molecule has 0 bridgehead atoms. The summed E-state index contributed by atoms with van der Waals surface area (Å²) in [6.07, 6.45) is 4.03. The molecule has 26 heavy (non-hydrogen) atoms. The van der Waals surface area contributed by atoms with E-state index < -0.39 is 23.8 Å². The summed E-state index contributed by atoms with van der Waals surface area (Å²) >= 11 is 0. The van der Waals surface area contributed by atoms with Gasteiger partial charge in [-0.1, -0.05) is 13.8 Å². The monoisotopic (exact) mass is 370 g/mol. The van der Waals surface area contributed by atoms with E-state index in [1.165, 1.54) is 0 Å². The fourth-order valence-corrected chi connectivity index (χ4v) is 3.45. The summed E-state index contributed by atoms with van der Waals surface area (Å²) in [4.78, 5) is 37.3. The lowest BCUT2D eigenvalue weighted by atomic mass is 9.81. The van der Waals surface area contributed by atoms with Gasteiger partial charge >= 0.3 is 0 Å². The Balaban J connectivity index is 3.07. The average molecular weight is 370 g/mol. The molecule has 1 saturated heterocycles. The Bertz CT molecular complexity index is 470. The first kappa shape index (κ1) is 22.4. The first-order chi connectivity index (χ1) is 12.4. The molecule has 0 radical (unpaired) electrons. The van der Waals surface area contributed by atoms with Crippen molar-refractivity contribution in [2.45, 2.75) is 58.4 Å². The highest BCUT2D eigenvalue weighted by Crippen LogP contribution is 2.26. The van der Waals surface area contributed by atoms with Crippen LogP contribution in [0.1, 0.15) is 52.4 Å². The zero-order valence-electron chi connectivity index (χ0n) is 16.1. The van der Waals surface area contributed by atoms with Crippen molar-refractivity contribution in [2.24, 2.45) is 17.8 Å². The first-order valence-electron chi connectivity index (χ1n) is 9.57. The Kier molecular flexibility index (Phi) is 10.2. The molecule has 0 spiro atoms. The molecule has 0 aromatic carbocycles. The summed E-state index contributed by atoms with van der Waals surface area (Å²) in [5.74, 6) is -2.09. The van der Waals surface area contributed by atoms with E-state index in [1.807, 2.05) is 13.8 Å². The van der Waals surface area contributed by atoms with Gasteiger partial charge in [0.2, 0.25) is 17.7 Å². The van der Waals surface area contributed by atoms with Crippen LogP contribution in [-0.2, 0) is 14.4 Å². The summed E-state index contributed by atoms with van der Waals surface area (Å²) in [6, 6.07) is -0.610. The summed E-state index contributed by atoms with van der Waals surface area (Å²) in [6.45, 7) is 5.56. The van der Waals surface area contributed by atoms with Crippen molar-refractivity contribution in [2.75, 3.05) is 20.1 Å². The topological polar surface area (TPSA) is 120 Å². The van der Waals surface area contributed by atoms with Gasteiger partial charge in [-0.2, -0.15) is 0 Å². The predicted molar refractivity (Wildman–Crippen MR) is 98.3 cm³/mol. The number of likely N-dealkylation sites (N-methyl/N-ethyl adjacent to an activating group) is 1. The molecule has 0 saturated carbocycles. The van der Waals surface area contributed by atoms with E-state index in [0.717, 1.165) is 32.4 Å². The van der Waals surface area contributed by atoms with Crippen molar-refractivity contribution in [3.05, 3.63) is 0 Å². The van der Waals surface area contributed by atoms with Crippen LogP contribution < -0.4 is 21.4 Å². The molecule has 8 heteroatoms. The van der Waals surface area contributed by atoms with Crippen LogP contribution in [0.4, 0.5) is 0 Å². The second-order valence-corrected chi connectivity index (χ2v) is 7.38. The lowest BCUT2D eigenvalue weighted by Crippen LogP contribution is -2.50. The molecular formula is C18H34N4O4. The van der Waals surface area contributed by atoms with Crippen LogP contribution >= 0.6 is 0 Å². The third kappa shape index (κ3) is 7.29. The third-order valence-corrected chi connectivity index (χ3v) is 4.84. The summed E-state index contributed by atoms with van der Waals surface area (Å²) < 4.78 is 0. The molecule has 3 amide bonds. The van der Waals surface area contributed by atoms with Crippen molar-refractivity contribution < 1.29 is 19.6 Å². The van der Waals surface area contributed by atoms with Gasteiger partial charge in [0.1, 0.15) is 6.04 Å². The van der Waals surface area contributed by atoms with E-state index in [2.05, 4.69) is 16.0 Å². The number of rotatable bonds is 4. The predicted octanol–water partition coefficient (Wildman–Crippen LogP) is 0.555. The number of carbonyl (C=O) groups is 3. The van der Waals surface area contributed by atoms with E-state index in [9.17, 15) is 14.4 Å². The highest BCUT2D eigenvalue weighted by molar-refractivity contribution is 5.91. The molecule has 150 valence electrons. The molecule has 1 fully saturated rings. The molecule has 8 nitrogen and oxygen atoms in total. The second-order valence-electron chi connectivity index (χ2n) is 7.38. The third-order valence-electron chi connectivity index (χ3n) is 4.84. The standard InChI is InChI=1S/C18H34N4O4/c1-12(2)11-14-13(17(24)22-26)7-6-10-20-9-5-4-8-15(18(25)19-3)21-16(14)23/h12-15,20,26H,4-11H2,1-3H3,(H,19,25)(H,21,23)(H,22,24)/t13-,14?,15?/m0/s1. The maximum atomic E-state index is 12.9. The van der Waals surface area contributed by atoms with E-state index in [-0.39, 0.29) is 17.7 Å². The molecule has 0 aromatic heterocycles. The van der Waals surface area contributed by atoms with E-state index in [0.29, 0.717) is 19.3 Å². The number of nitrogens with one attached hydrogen (secondary N) is 4. The molecule has 0 aromatic rings. The van der Waals surface area contributed by atoms with Gasteiger partial charge < -0.3 is 16.0 Å². The van der Waals surface area contributed by atoms with Crippen LogP contribution in [0.2, 0.25) is 0 Å². The minimum absolute atomic E-state index is 0.201. The minimum atomic E-state index is -0.629.